The summed E-state index contributed by atoms with van der Waals surface area (Å²) in [5.74, 6) is 1.81. The van der Waals surface area contributed by atoms with Crippen LogP contribution in [0.4, 0.5) is 0 Å². The van der Waals surface area contributed by atoms with E-state index in [1.807, 2.05) is 25.2 Å². The maximum absolute atomic E-state index is 5.16. The fourth-order valence-corrected chi connectivity index (χ4v) is 1.52. The number of hydrogen-bond acceptors (Lipinski definition) is 5. The van der Waals surface area contributed by atoms with Crippen molar-refractivity contribution in [3.05, 3.63) is 30.2 Å². The Labute approximate surface area is 134 Å². The highest BCUT2D eigenvalue weighted by Gasteiger charge is 2.09. The van der Waals surface area contributed by atoms with Gasteiger partial charge in [0, 0.05) is 33.3 Å². The van der Waals surface area contributed by atoms with Gasteiger partial charge in [0.1, 0.15) is 5.69 Å². The molecule has 0 fully saturated rings. The van der Waals surface area contributed by atoms with E-state index in [0.717, 1.165) is 5.96 Å². The molecule has 0 atom stereocenters. The summed E-state index contributed by atoms with van der Waals surface area (Å²) in [6.45, 7) is 0.675. The number of rotatable bonds is 4. The summed E-state index contributed by atoms with van der Waals surface area (Å²) in [5, 5.41) is 9.97. The molecule has 0 aliphatic rings. The van der Waals surface area contributed by atoms with E-state index in [-0.39, 0.29) is 24.0 Å². The van der Waals surface area contributed by atoms with E-state index in [9.17, 15) is 0 Å². The van der Waals surface area contributed by atoms with E-state index >= 15 is 0 Å². The van der Waals surface area contributed by atoms with Crippen molar-refractivity contribution in [2.75, 3.05) is 20.6 Å². The lowest BCUT2D eigenvalue weighted by Gasteiger charge is -2.05. The Bertz CT molecular complexity index is 542. The first-order valence-electron chi connectivity index (χ1n) is 5.96. The summed E-state index contributed by atoms with van der Waals surface area (Å²) >= 11 is 0. The van der Waals surface area contributed by atoms with Crippen LogP contribution in [0.1, 0.15) is 5.82 Å². The largest absolute Gasteiger partial charge is 0.359 e. The molecule has 2 aromatic rings. The summed E-state index contributed by atoms with van der Waals surface area (Å²) in [4.78, 5) is 12.5. The van der Waals surface area contributed by atoms with Crippen LogP contribution in [0.5, 0.6) is 0 Å². The van der Waals surface area contributed by atoms with Crippen LogP contribution in [0.2, 0.25) is 0 Å². The highest BCUT2D eigenvalue weighted by molar-refractivity contribution is 14.0. The minimum absolute atomic E-state index is 0. The standard InChI is InChI=1S/C12H16N6O.HI/c1-13-12(14-2)16-8-6-10-17-11(19-18-10)9-5-3-4-7-15-9;/h3-5,7H,6,8H2,1-2H3,(H2,13,14,16);1H. The summed E-state index contributed by atoms with van der Waals surface area (Å²) in [5.41, 5.74) is 0.681. The highest BCUT2D eigenvalue weighted by Crippen LogP contribution is 2.12. The van der Waals surface area contributed by atoms with Crippen molar-refractivity contribution in [1.29, 1.82) is 0 Å². The molecular weight excluding hydrogens is 371 g/mol. The fraction of sp³-hybridized carbons (Fsp3) is 0.333. The second kappa shape index (κ2) is 8.46. The fourth-order valence-electron chi connectivity index (χ4n) is 1.52. The van der Waals surface area contributed by atoms with Gasteiger partial charge in [0.05, 0.1) is 0 Å². The Morgan fingerprint density at radius 2 is 2.25 bits per heavy atom. The van der Waals surface area contributed by atoms with Crippen molar-refractivity contribution in [2.24, 2.45) is 4.99 Å². The zero-order valence-corrected chi connectivity index (χ0v) is 13.7. The maximum atomic E-state index is 5.16. The molecule has 20 heavy (non-hydrogen) atoms. The van der Waals surface area contributed by atoms with Crippen molar-refractivity contribution in [1.82, 2.24) is 25.8 Å². The minimum atomic E-state index is 0. The Hall–Kier alpha value is -1.71. The number of guanidine groups is 1. The second-order valence-electron chi connectivity index (χ2n) is 3.73. The molecule has 2 N–H and O–H groups in total. The van der Waals surface area contributed by atoms with E-state index in [1.54, 1.807) is 13.2 Å². The molecule has 2 rings (SSSR count). The molecule has 7 nitrogen and oxygen atoms in total. The molecular formula is C12H17IN6O. The molecule has 0 aliphatic carbocycles. The predicted octanol–water partition coefficient (Wildman–Crippen LogP) is 1.09. The number of pyridine rings is 1. The third-order valence-corrected chi connectivity index (χ3v) is 2.45. The van der Waals surface area contributed by atoms with E-state index in [2.05, 4.69) is 30.8 Å². The lowest BCUT2D eigenvalue weighted by Crippen LogP contribution is -2.35. The van der Waals surface area contributed by atoms with Gasteiger partial charge >= 0.3 is 0 Å². The van der Waals surface area contributed by atoms with Gasteiger partial charge in [0.15, 0.2) is 11.8 Å². The highest BCUT2D eigenvalue weighted by atomic mass is 127. The molecule has 108 valence electrons. The summed E-state index contributed by atoms with van der Waals surface area (Å²) in [6.07, 6.45) is 2.34. The number of hydrogen-bond donors (Lipinski definition) is 2. The van der Waals surface area contributed by atoms with Crippen molar-refractivity contribution in [3.63, 3.8) is 0 Å². The lowest BCUT2D eigenvalue weighted by molar-refractivity contribution is 0.421. The van der Waals surface area contributed by atoms with Gasteiger partial charge in [0.25, 0.3) is 5.89 Å². The van der Waals surface area contributed by atoms with Gasteiger partial charge in [0.2, 0.25) is 0 Å². The van der Waals surface area contributed by atoms with E-state index in [1.165, 1.54) is 0 Å². The molecule has 0 radical (unpaired) electrons. The minimum Gasteiger partial charge on any atom is -0.359 e. The zero-order chi connectivity index (χ0) is 13.5. The van der Waals surface area contributed by atoms with Gasteiger partial charge in [-0.3, -0.25) is 9.98 Å². The smallest absolute Gasteiger partial charge is 0.276 e. The molecule has 0 aromatic carbocycles. The number of halogens is 1. The molecule has 2 heterocycles. The number of nitrogens with one attached hydrogen (secondary N) is 2. The van der Waals surface area contributed by atoms with Crippen molar-refractivity contribution >= 4 is 29.9 Å². The average Bonchev–Trinajstić information content (AvgIpc) is 2.93. The van der Waals surface area contributed by atoms with Gasteiger partial charge in [-0.1, -0.05) is 11.2 Å². The average molecular weight is 388 g/mol. The maximum Gasteiger partial charge on any atom is 0.276 e. The van der Waals surface area contributed by atoms with Crippen LogP contribution < -0.4 is 10.6 Å². The Morgan fingerprint density at radius 3 is 2.90 bits per heavy atom. The van der Waals surface area contributed by atoms with Crippen LogP contribution >= 0.6 is 24.0 Å². The summed E-state index contributed by atoms with van der Waals surface area (Å²) in [7, 11) is 3.52. The molecule has 2 aromatic heterocycles. The quantitative estimate of drug-likeness (QED) is 0.463. The molecule has 0 unspecified atom stereocenters. The van der Waals surface area contributed by atoms with Gasteiger partial charge in [-0.05, 0) is 12.1 Å². The van der Waals surface area contributed by atoms with Crippen LogP contribution in [0.25, 0.3) is 11.6 Å². The molecule has 0 saturated heterocycles. The first-order chi connectivity index (χ1) is 9.33. The normalized spacial score (nSPS) is 10.8. The van der Waals surface area contributed by atoms with Gasteiger partial charge in [-0.25, -0.2) is 0 Å². The molecule has 0 spiro atoms. The molecule has 8 heteroatoms. The molecule has 0 amide bonds. The summed E-state index contributed by atoms with van der Waals surface area (Å²) in [6, 6.07) is 5.55. The van der Waals surface area contributed by atoms with Crippen LogP contribution in [0, 0.1) is 0 Å². The van der Waals surface area contributed by atoms with Crippen molar-refractivity contribution in [3.8, 4) is 11.6 Å². The van der Waals surface area contributed by atoms with Crippen molar-refractivity contribution < 1.29 is 4.52 Å². The van der Waals surface area contributed by atoms with E-state index in [4.69, 9.17) is 4.52 Å². The topological polar surface area (TPSA) is 88.2 Å². The van der Waals surface area contributed by atoms with E-state index < -0.39 is 0 Å². The molecule has 0 aliphatic heterocycles. The van der Waals surface area contributed by atoms with Gasteiger partial charge in [-0.15, -0.1) is 24.0 Å². The van der Waals surface area contributed by atoms with Crippen LogP contribution in [0.3, 0.4) is 0 Å². The molecule has 0 bridgehead atoms. The number of aromatic nitrogens is 3. The first-order valence-corrected chi connectivity index (χ1v) is 5.96. The zero-order valence-electron chi connectivity index (χ0n) is 11.3. The van der Waals surface area contributed by atoms with Crippen LogP contribution in [-0.2, 0) is 6.42 Å². The number of aliphatic imine (C=N–C) groups is 1. The second-order valence-corrected chi connectivity index (χ2v) is 3.73. The molecule has 0 saturated carbocycles. The Morgan fingerprint density at radius 1 is 1.40 bits per heavy atom. The Balaban J connectivity index is 0.00000200. The first kappa shape index (κ1) is 16.3. The van der Waals surface area contributed by atoms with Gasteiger partial charge in [-0.2, -0.15) is 4.98 Å². The predicted molar refractivity (Wildman–Crippen MR) is 87.1 cm³/mol. The van der Waals surface area contributed by atoms with Crippen LogP contribution in [0.15, 0.2) is 33.9 Å². The third-order valence-electron chi connectivity index (χ3n) is 2.45. The lowest BCUT2D eigenvalue weighted by atomic mass is 10.3. The Kier molecular flexibility index (Phi) is 6.91. The SMILES string of the molecule is CN=C(NC)NCCc1noc(-c2ccccn2)n1.I. The van der Waals surface area contributed by atoms with Crippen molar-refractivity contribution in [2.45, 2.75) is 6.42 Å². The van der Waals surface area contributed by atoms with E-state index in [0.29, 0.717) is 30.4 Å². The monoisotopic (exact) mass is 388 g/mol. The van der Waals surface area contributed by atoms with Crippen LogP contribution in [-0.4, -0.2) is 41.7 Å². The number of nitrogens with zero attached hydrogens (tertiary/aromatic N) is 4. The summed E-state index contributed by atoms with van der Waals surface area (Å²) < 4.78 is 5.16. The van der Waals surface area contributed by atoms with Gasteiger partial charge < -0.3 is 15.2 Å². The third kappa shape index (κ3) is 4.44.